The van der Waals surface area contributed by atoms with Crippen molar-refractivity contribution >= 4 is 17.7 Å². The summed E-state index contributed by atoms with van der Waals surface area (Å²) in [5, 5.41) is 13.1. The van der Waals surface area contributed by atoms with E-state index in [1.165, 1.54) is 25.1 Å². The second-order valence-electron chi connectivity index (χ2n) is 4.99. The molecule has 114 valence electrons. The van der Waals surface area contributed by atoms with Crippen LogP contribution in [0.15, 0.2) is 18.2 Å². The number of nitrogens with one attached hydrogen (secondary N) is 2. The molecule has 0 radical (unpaired) electrons. The van der Waals surface area contributed by atoms with Gasteiger partial charge in [-0.15, -0.1) is 0 Å². The average Bonchev–Trinajstić information content (AvgIpc) is 3.08. The summed E-state index contributed by atoms with van der Waals surface area (Å²) in [7, 11) is 0. The summed E-state index contributed by atoms with van der Waals surface area (Å²) in [5.41, 5.74) is -1.44. The molecular weight excluding hydrogens is 289 g/mol. The third kappa shape index (κ3) is 3.09. The number of amides is 2. The molecule has 0 aromatic heterocycles. The van der Waals surface area contributed by atoms with Crippen molar-refractivity contribution in [1.29, 1.82) is 0 Å². The molecule has 0 bridgehead atoms. The van der Waals surface area contributed by atoms with Crippen LogP contribution in [0, 0.1) is 6.92 Å². The van der Waals surface area contributed by atoms with Crippen LogP contribution < -0.4 is 10.6 Å². The molecule has 0 heterocycles. The second-order valence-corrected chi connectivity index (χ2v) is 4.99. The Balaban J connectivity index is 2.04. The molecule has 0 unspecified atom stereocenters. The highest BCUT2D eigenvalue weighted by molar-refractivity contribution is 5.93. The minimum Gasteiger partial charge on any atom is -0.478 e. The number of anilines is 1. The molecule has 1 aliphatic rings. The number of benzene rings is 1. The van der Waals surface area contributed by atoms with Gasteiger partial charge in [0, 0.05) is 5.69 Å². The Kier molecular flexibility index (Phi) is 3.56. The van der Waals surface area contributed by atoms with E-state index in [1.54, 1.807) is 0 Å². The number of halogens is 3. The van der Waals surface area contributed by atoms with Crippen molar-refractivity contribution in [1.82, 2.24) is 5.32 Å². The maximum absolute atomic E-state index is 12.7. The number of carbonyl (C=O) groups is 2. The summed E-state index contributed by atoms with van der Waals surface area (Å²) >= 11 is 0. The van der Waals surface area contributed by atoms with E-state index in [1.807, 2.05) is 5.32 Å². The van der Waals surface area contributed by atoms with E-state index in [0.717, 1.165) is 0 Å². The summed E-state index contributed by atoms with van der Waals surface area (Å²) in [5.74, 6) is -1.11. The number of urea groups is 1. The molecule has 2 rings (SSSR count). The quantitative estimate of drug-likeness (QED) is 0.803. The zero-order valence-corrected chi connectivity index (χ0v) is 11.0. The molecule has 0 spiro atoms. The number of carbonyl (C=O) groups excluding carboxylic acids is 1. The smallest absolute Gasteiger partial charge is 0.411 e. The van der Waals surface area contributed by atoms with Crippen molar-refractivity contribution in [2.75, 3.05) is 5.32 Å². The number of hydrogen-bond donors (Lipinski definition) is 3. The number of hydrogen-bond acceptors (Lipinski definition) is 2. The first-order chi connectivity index (χ1) is 9.64. The Hall–Kier alpha value is -2.25. The van der Waals surface area contributed by atoms with Crippen molar-refractivity contribution in [3.05, 3.63) is 29.3 Å². The topological polar surface area (TPSA) is 78.4 Å². The van der Waals surface area contributed by atoms with Crippen LogP contribution in [0.3, 0.4) is 0 Å². The van der Waals surface area contributed by atoms with Crippen LogP contribution in [0.1, 0.15) is 28.8 Å². The zero-order chi connectivity index (χ0) is 15.8. The number of carboxylic acid groups (broad SMARTS) is 1. The second kappa shape index (κ2) is 4.94. The van der Waals surface area contributed by atoms with Gasteiger partial charge in [0.15, 0.2) is 0 Å². The molecule has 8 heteroatoms. The Labute approximate surface area is 118 Å². The molecule has 1 saturated carbocycles. The SMILES string of the molecule is Cc1cc(NC(=O)NC2(C(F)(F)F)CC2)ccc1C(=O)O. The lowest BCUT2D eigenvalue weighted by Crippen LogP contribution is -2.49. The summed E-state index contributed by atoms with van der Waals surface area (Å²) in [4.78, 5) is 22.4. The van der Waals surface area contributed by atoms with Crippen molar-refractivity contribution in [2.45, 2.75) is 31.5 Å². The Morgan fingerprint density at radius 3 is 2.33 bits per heavy atom. The monoisotopic (exact) mass is 302 g/mol. The Morgan fingerprint density at radius 1 is 1.29 bits per heavy atom. The van der Waals surface area contributed by atoms with Gasteiger partial charge in [-0.3, -0.25) is 0 Å². The lowest BCUT2D eigenvalue weighted by molar-refractivity contribution is -0.162. The van der Waals surface area contributed by atoms with Crippen molar-refractivity contribution in [2.24, 2.45) is 0 Å². The van der Waals surface area contributed by atoms with Crippen LogP contribution >= 0.6 is 0 Å². The van der Waals surface area contributed by atoms with Crippen LogP contribution in [-0.4, -0.2) is 28.8 Å². The normalized spacial score (nSPS) is 16.2. The van der Waals surface area contributed by atoms with E-state index < -0.39 is 23.7 Å². The molecule has 1 aliphatic carbocycles. The lowest BCUT2D eigenvalue weighted by Gasteiger charge is -2.21. The molecule has 1 aromatic rings. The van der Waals surface area contributed by atoms with E-state index in [0.29, 0.717) is 5.56 Å². The van der Waals surface area contributed by atoms with Gasteiger partial charge in [-0.05, 0) is 43.5 Å². The Morgan fingerprint density at radius 2 is 1.90 bits per heavy atom. The first kappa shape index (κ1) is 15.1. The molecule has 2 amide bonds. The van der Waals surface area contributed by atoms with E-state index in [4.69, 9.17) is 5.11 Å². The maximum atomic E-state index is 12.7. The third-order valence-electron chi connectivity index (χ3n) is 3.36. The van der Waals surface area contributed by atoms with Gasteiger partial charge >= 0.3 is 18.2 Å². The molecule has 21 heavy (non-hydrogen) atoms. The van der Waals surface area contributed by atoms with E-state index >= 15 is 0 Å². The summed E-state index contributed by atoms with van der Waals surface area (Å²) in [6.07, 6.45) is -4.75. The van der Waals surface area contributed by atoms with Gasteiger partial charge in [-0.25, -0.2) is 9.59 Å². The predicted octanol–water partition coefficient (Wildman–Crippen LogP) is 2.91. The van der Waals surface area contributed by atoms with Gasteiger partial charge in [0.25, 0.3) is 0 Å². The fourth-order valence-electron chi connectivity index (χ4n) is 1.97. The highest BCUT2D eigenvalue weighted by Crippen LogP contribution is 2.48. The fourth-order valence-corrected chi connectivity index (χ4v) is 1.97. The first-order valence-corrected chi connectivity index (χ1v) is 6.14. The van der Waals surface area contributed by atoms with Gasteiger partial charge in [0.05, 0.1) is 5.56 Å². The van der Waals surface area contributed by atoms with Gasteiger partial charge in [-0.1, -0.05) is 0 Å². The predicted molar refractivity (Wildman–Crippen MR) is 68.3 cm³/mol. The molecule has 0 saturated heterocycles. The van der Waals surface area contributed by atoms with E-state index in [9.17, 15) is 22.8 Å². The number of alkyl halides is 3. The highest BCUT2D eigenvalue weighted by atomic mass is 19.4. The van der Waals surface area contributed by atoms with Gasteiger partial charge < -0.3 is 15.7 Å². The minimum atomic E-state index is -4.48. The highest BCUT2D eigenvalue weighted by Gasteiger charge is 2.64. The molecule has 3 N–H and O–H groups in total. The summed E-state index contributed by atoms with van der Waals surface area (Å²) in [6, 6.07) is 3.02. The molecule has 5 nitrogen and oxygen atoms in total. The summed E-state index contributed by atoms with van der Waals surface area (Å²) < 4.78 is 38.1. The molecule has 1 fully saturated rings. The molecular formula is C13H13F3N2O3. The largest absolute Gasteiger partial charge is 0.478 e. The fraction of sp³-hybridized carbons (Fsp3) is 0.385. The third-order valence-corrected chi connectivity index (χ3v) is 3.36. The lowest BCUT2D eigenvalue weighted by atomic mass is 10.1. The number of aromatic carboxylic acids is 1. The van der Waals surface area contributed by atoms with Crippen molar-refractivity contribution < 1.29 is 27.9 Å². The number of rotatable bonds is 3. The van der Waals surface area contributed by atoms with Crippen LogP contribution in [0.2, 0.25) is 0 Å². The van der Waals surface area contributed by atoms with Crippen molar-refractivity contribution in [3.8, 4) is 0 Å². The summed E-state index contributed by atoms with van der Waals surface area (Å²) in [6.45, 7) is 1.53. The molecule has 1 aromatic carbocycles. The number of carboxylic acids is 1. The van der Waals surface area contributed by atoms with Crippen LogP contribution in [0.25, 0.3) is 0 Å². The average molecular weight is 302 g/mol. The zero-order valence-electron chi connectivity index (χ0n) is 11.0. The first-order valence-electron chi connectivity index (χ1n) is 6.14. The maximum Gasteiger partial charge on any atom is 0.411 e. The van der Waals surface area contributed by atoms with Crippen molar-refractivity contribution in [3.63, 3.8) is 0 Å². The molecule has 0 atom stereocenters. The Bertz CT molecular complexity index is 595. The van der Waals surface area contributed by atoms with Crippen LogP contribution in [-0.2, 0) is 0 Å². The van der Waals surface area contributed by atoms with Crippen LogP contribution in [0.4, 0.5) is 23.7 Å². The number of aryl methyl sites for hydroxylation is 1. The van der Waals surface area contributed by atoms with Gasteiger partial charge in [0.2, 0.25) is 0 Å². The van der Waals surface area contributed by atoms with Gasteiger partial charge in [-0.2, -0.15) is 13.2 Å². The van der Waals surface area contributed by atoms with E-state index in [2.05, 4.69) is 5.32 Å². The van der Waals surface area contributed by atoms with Gasteiger partial charge in [0.1, 0.15) is 5.54 Å². The van der Waals surface area contributed by atoms with E-state index in [-0.39, 0.29) is 24.1 Å². The standard InChI is InChI=1S/C13H13F3N2O3/c1-7-6-8(2-3-9(7)10(19)20)17-11(21)18-12(4-5-12)13(14,15)16/h2-3,6H,4-5H2,1H3,(H,19,20)(H2,17,18,21). The van der Waals surface area contributed by atoms with Crippen LogP contribution in [0.5, 0.6) is 0 Å². The molecule has 0 aliphatic heterocycles. The minimum absolute atomic E-state index is 0.0647.